The van der Waals surface area contributed by atoms with Crippen molar-refractivity contribution in [2.45, 2.75) is 19.4 Å². The van der Waals surface area contributed by atoms with Crippen LogP contribution in [0.5, 0.6) is 0 Å². The van der Waals surface area contributed by atoms with Crippen molar-refractivity contribution in [1.29, 1.82) is 0 Å². The second-order valence-electron chi connectivity index (χ2n) is 2.84. The van der Waals surface area contributed by atoms with Crippen molar-refractivity contribution in [3.63, 3.8) is 0 Å². The highest BCUT2D eigenvalue weighted by Crippen LogP contribution is 2.21. The van der Waals surface area contributed by atoms with Gasteiger partial charge in [0, 0.05) is 11.7 Å². The van der Waals surface area contributed by atoms with Crippen LogP contribution < -0.4 is 11.5 Å². The third kappa shape index (κ3) is 2.35. The average Bonchev–Trinajstić information content (AvgIpc) is 2.03. The summed E-state index contributed by atoms with van der Waals surface area (Å²) in [6, 6.07) is 2.26. The monoisotopic (exact) mass is 187 g/mol. The van der Waals surface area contributed by atoms with Crippen LogP contribution in [0.1, 0.15) is 30.8 Å². The number of hydrogen-bond donors (Lipinski definition) is 2. The first-order valence-corrected chi connectivity index (χ1v) is 3.82. The van der Waals surface area contributed by atoms with E-state index in [-0.39, 0.29) is 17.4 Å². The number of alkyl halides is 2. The van der Waals surface area contributed by atoms with Gasteiger partial charge >= 0.3 is 0 Å². The largest absolute Gasteiger partial charge is 0.399 e. The van der Waals surface area contributed by atoms with Gasteiger partial charge in [-0.25, -0.2) is 8.78 Å². The van der Waals surface area contributed by atoms with Crippen LogP contribution >= 0.6 is 0 Å². The molecule has 72 valence electrons. The Hall–Kier alpha value is -1.23. The van der Waals surface area contributed by atoms with E-state index in [2.05, 4.69) is 4.98 Å². The summed E-state index contributed by atoms with van der Waals surface area (Å²) in [7, 11) is 0. The fraction of sp³-hybridized carbons (Fsp3) is 0.375. The van der Waals surface area contributed by atoms with Crippen molar-refractivity contribution >= 4 is 5.69 Å². The molecule has 1 rings (SSSR count). The predicted octanol–water partition coefficient (Wildman–Crippen LogP) is 1.62. The van der Waals surface area contributed by atoms with E-state index in [0.717, 1.165) is 6.07 Å². The summed E-state index contributed by atoms with van der Waals surface area (Å²) in [6.45, 7) is 1.66. The summed E-state index contributed by atoms with van der Waals surface area (Å²) in [5.41, 5.74) is 11.2. The Kier molecular flexibility index (Phi) is 2.77. The zero-order valence-electron chi connectivity index (χ0n) is 7.17. The Balaban J connectivity index is 3.11. The molecule has 3 nitrogen and oxygen atoms in total. The number of anilines is 1. The summed E-state index contributed by atoms with van der Waals surface area (Å²) in [4.78, 5) is 3.68. The third-order valence-electron chi connectivity index (χ3n) is 1.58. The van der Waals surface area contributed by atoms with E-state index in [1.165, 1.54) is 6.07 Å². The maximum atomic E-state index is 12.2. The van der Waals surface area contributed by atoms with E-state index in [1.807, 2.05) is 0 Å². The molecule has 1 heterocycles. The van der Waals surface area contributed by atoms with Crippen molar-refractivity contribution in [3.05, 3.63) is 23.5 Å². The van der Waals surface area contributed by atoms with Crippen LogP contribution in [0.3, 0.4) is 0 Å². The Morgan fingerprint density at radius 3 is 2.31 bits per heavy atom. The summed E-state index contributed by atoms with van der Waals surface area (Å²) in [6.07, 6.45) is -2.61. The Morgan fingerprint density at radius 2 is 1.85 bits per heavy atom. The Morgan fingerprint density at radius 1 is 1.31 bits per heavy atom. The molecule has 0 saturated carbocycles. The molecule has 0 unspecified atom stereocenters. The molecule has 0 fully saturated rings. The smallest absolute Gasteiger partial charge is 0.280 e. The summed E-state index contributed by atoms with van der Waals surface area (Å²) in [5, 5.41) is 0. The molecule has 13 heavy (non-hydrogen) atoms. The minimum absolute atomic E-state index is 0.262. The Labute approximate surface area is 74.8 Å². The molecule has 0 amide bonds. The highest BCUT2D eigenvalue weighted by Gasteiger charge is 2.12. The fourth-order valence-electron chi connectivity index (χ4n) is 0.942. The Bertz CT molecular complexity index is 273. The second kappa shape index (κ2) is 3.66. The van der Waals surface area contributed by atoms with E-state index in [1.54, 1.807) is 6.92 Å². The first-order chi connectivity index (χ1) is 6.00. The van der Waals surface area contributed by atoms with Crippen LogP contribution in [0.4, 0.5) is 14.5 Å². The first kappa shape index (κ1) is 9.85. The van der Waals surface area contributed by atoms with Crippen molar-refractivity contribution in [3.8, 4) is 0 Å². The molecule has 0 bridgehead atoms. The summed E-state index contributed by atoms with van der Waals surface area (Å²) in [5.74, 6) is 0. The van der Waals surface area contributed by atoms with Gasteiger partial charge in [0.15, 0.2) is 0 Å². The van der Waals surface area contributed by atoms with Crippen LogP contribution in [0.2, 0.25) is 0 Å². The average molecular weight is 187 g/mol. The molecule has 0 aromatic carbocycles. The van der Waals surface area contributed by atoms with E-state index >= 15 is 0 Å². The molecule has 0 saturated heterocycles. The topological polar surface area (TPSA) is 64.9 Å². The summed E-state index contributed by atoms with van der Waals surface area (Å²) < 4.78 is 24.5. The van der Waals surface area contributed by atoms with Gasteiger partial charge in [0.2, 0.25) is 0 Å². The SMILES string of the molecule is C[C@@H](N)c1cc(N)cc(C(F)F)n1. The van der Waals surface area contributed by atoms with Gasteiger partial charge in [0.25, 0.3) is 6.43 Å². The van der Waals surface area contributed by atoms with Gasteiger partial charge in [-0.05, 0) is 19.1 Å². The molecule has 4 N–H and O–H groups in total. The maximum absolute atomic E-state index is 12.2. The van der Waals surface area contributed by atoms with Crippen LogP contribution in [0, 0.1) is 0 Å². The third-order valence-corrected chi connectivity index (χ3v) is 1.58. The molecule has 1 aromatic heterocycles. The van der Waals surface area contributed by atoms with E-state index in [0.29, 0.717) is 5.69 Å². The predicted molar refractivity (Wildman–Crippen MR) is 46.2 cm³/mol. The maximum Gasteiger partial charge on any atom is 0.280 e. The lowest BCUT2D eigenvalue weighted by Crippen LogP contribution is -2.09. The van der Waals surface area contributed by atoms with E-state index in [4.69, 9.17) is 11.5 Å². The number of pyridine rings is 1. The number of hydrogen-bond acceptors (Lipinski definition) is 3. The number of aromatic nitrogens is 1. The second-order valence-corrected chi connectivity index (χ2v) is 2.84. The van der Waals surface area contributed by atoms with Crippen molar-refractivity contribution in [2.75, 3.05) is 5.73 Å². The zero-order valence-corrected chi connectivity index (χ0v) is 7.17. The highest BCUT2D eigenvalue weighted by molar-refractivity contribution is 5.41. The van der Waals surface area contributed by atoms with E-state index in [9.17, 15) is 8.78 Å². The van der Waals surface area contributed by atoms with Crippen molar-refractivity contribution in [2.24, 2.45) is 5.73 Å². The minimum Gasteiger partial charge on any atom is -0.399 e. The number of nitrogens with zero attached hydrogens (tertiary/aromatic N) is 1. The molecule has 0 radical (unpaired) electrons. The van der Waals surface area contributed by atoms with Crippen LogP contribution in [-0.4, -0.2) is 4.98 Å². The molecule has 0 aliphatic carbocycles. The normalized spacial score (nSPS) is 13.3. The first-order valence-electron chi connectivity index (χ1n) is 3.82. The number of nitrogens with two attached hydrogens (primary N) is 2. The van der Waals surface area contributed by atoms with Crippen LogP contribution in [0.15, 0.2) is 12.1 Å². The molecule has 0 spiro atoms. The quantitative estimate of drug-likeness (QED) is 0.739. The zero-order chi connectivity index (χ0) is 10.0. The standard InChI is InChI=1S/C8H11F2N3/c1-4(11)6-2-5(12)3-7(13-6)8(9)10/h2-4,8H,11H2,1H3,(H2,12,13)/t4-/m1/s1. The van der Waals surface area contributed by atoms with Crippen LogP contribution in [-0.2, 0) is 0 Å². The lowest BCUT2D eigenvalue weighted by atomic mass is 10.2. The fourth-order valence-corrected chi connectivity index (χ4v) is 0.942. The van der Waals surface area contributed by atoms with Gasteiger partial charge in [0.1, 0.15) is 5.69 Å². The number of halogens is 2. The van der Waals surface area contributed by atoms with Gasteiger partial charge < -0.3 is 11.5 Å². The molecule has 1 aromatic rings. The van der Waals surface area contributed by atoms with E-state index < -0.39 is 6.43 Å². The molecular weight excluding hydrogens is 176 g/mol. The number of rotatable bonds is 2. The molecule has 5 heteroatoms. The van der Waals surface area contributed by atoms with Gasteiger partial charge in [-0.15, -0.1) is 0 Å². The minimum atomic E-state index is -2.61. The van der Waals surface area contributed by atoms with Gasteiger partial charge in [-0.3, -0.25) is 4.98 Å². The lowest BCUT2D eigenvalue weighted by Gasteiger charge is -2.08. The molecule has 1 atom stereocenters. The van der Waals surface area contributed by atoms with Gasteiger partial charge in [-0.2, -0.15) is 0 Å². The molecule has 0 aliphatic heterocycles. The summed E-state index contributed by atoms with van der Waals surface area (Å²) >= 11 is 0. The van der Waals surface area contributed by atoms with Crippen molar-refractivity contribution < 1.29 is 8.78 Å². The number of nitrogen functional groups attached to an aromatic ring is 1. The highest BCUT2D eigenvalue weighted by atomic mass is 19.3. The van der Waals surface area contributed by atoms with Crippen molar-refractivity contribution in [1.82, 2.24) is 4.98 Å². The molecular formula is C8H11F2N3. The lowest BCUT2D eigenvalue weighted by molar-refractivity contribution is 0.146. The molecule has 0 aliphatic rings. The van der Waals surface area contributed by atoms with Crippen LogP contribution in [0.25, 0.3) is 0 Å². The van der Waals surface area contributed by atoms with Gasteiger partial charge in [0.05, 0.1) is 5.69 Å². The van der Waals surface area contributed by atoms with Gasteiger partial charge in [-0.1, -0.05) is 0 Å².